The Labute approximate surface area is 120 Å². The molecule has 2 heterocycles. The third-order valence-corrected chi connectivity index (χ3v) is 4.80. The van der Waals surface area contributed by atoms with Crippen LogP contribution in [0.3, 0.4) is 0 Å². The minimum absolute atomic E-state index is 0.560. The monoisotopic (exact) mass is 282 g/mol. The summed E-state index contributed by atoms with van der Waals surface area (Å²) in [6, 6.07) is 0.560. The van der Waals surface area contributed by atoms with Crippen LogP contribution in [0.1, 0.15) is 38.3 Å². The summed E-state index contributed by atoms with van der Waals surface area (Å²) in [6.07, 6.45) is 8.30. The van der Waals surface area contributed by atoms with Crippen molar-refractivity contribution in [3.63, 3.8) is 0 Å². The molecule has 0 saturated carbocycles. The molecule has 1 unspecified atom stereocenters. The van der Waals surface area contributed by atoms with E-state index >= 15 is 0 Å². The molecule has 1 aromatic heterocycles. The van der Waals surface area contributed by atoms with Crippen molar-refractivity contribution in [3.05, 3.63) is 11.9 Å². The minimum atomic E-state index is 0.560. The van der Waals surface area contributed by atoms with Gasteiger partial charge in [-0.15, -0.1) is 5.10 Å². The molecular weight excluding hydrogens is 256 g/mol. The van der Waals surface area contributed by atoms with Gasteiger partial charge in [0, 0.05) is 25.7 Å². The molecule has 5 heteroatoms. The highest BCUT2D eigenvalue weighted by atomic mass is 32.2. The third-order valence-electron chi connectivity index (χ3n) is 3.75. The van der Waals surface area contributed by atoms with E-state index in [0.29, 0.717) is 6.04 Å². The second kappa shape index (κ2) is 7.90. The van der Waals surface area contributed by atoms with Crippen LogP contribution in [0.5, 0.6) is 0 Å². The molecule has 1 N–H and O–H groups in total. The van der Waals surface area contributed by atoms with E-state index in [2.05, 4.69) is 34.3 Å². The molecule has 1 fully saturated rings. The lowest BCUT2D eigenvalue weighted by Crippen LogP contribution is -2.34. The summed E-state index contributed by atoms with van der Waals surface area (Å²) in [7, 11) is 1.93. The van der Waals surface area contributed by atoms with Gasteiger partial charge in [0.2, 0.25) is 0 Å². The molecule has 1 atom stereocenters. The molecule has 1 aliphatic heterocycles. The van der Waals surface area contributed by atoms with E-state index in [-0.39, 0.29) is 0 Å². The molecule has 0 radical (unpaired) electrons. The number of hydrogen-bond acceptors (Lipinski definition) is 4. The van der Waals surface area contributed by atoms with Crippen molar-refractivity contribution >= 4 is 11.8 Å². The van der Waals surface area contributed by atoms with Crippen molar-refractivity contribution in [3.8, 4) is 0 Å². The molecule has 19 heavy (non-hydrogen) atoms. The van der Waals surface area contributed by atoms with Crippen LogP contribution in [-0.2, 0) is 13.5 Å². The highest BCUT2D eigenvalue weighted by Gasteiger charge is 2.19. The number of thioether (sulfide) groups is 1. The zero-order valence-corrected chi connectivity index (χ0v) is 13.0. The first kappa shape index (κ1) is 14.9. The second-order valence-corrected chi connectivity index (χ2v) is 6.75. The van der Waals surface area contributed by atoms with Crippen molar-refractivity contribution in [1.29, 1.82) is 0 Å². The number of rotatable bonds is 7. The van der Waals surface area contributed by atoms with Crippen LogP contribution < -0.4 is 5.32 Å². The highest BCUT2D eigenvalue weighted by Crippen LogP contribution is 2.26. The average molecular weight is 282 g/mol. The predicted octanol–water partition coefficient (Wildman–Crippen LogP) is 2.26. The third kappa shape index (κ3) is 5.15. The molecule has 4 nitrogen and oxygen atoms in total. The summed E-state index contributed by atoms with van der Waals surface area (Å²) in [5.74, 6) is 3.58. The van der Waals surface area contributed by atoms with Gasteiger partial charge < -0.3 is 5.32 Å². The Morgan fingerprint density at radius 2 is 2.26 bits per heavy atom. The van der Waals surface area contributed by atoms with E-state index in [0.717, 1.165) is 24.6 Å². The molecule has 0 amide bonds. The van der Waals surface area contributed by atoms with Gasteiger partial charge in [0.1, 0.15) is 0 Å². The molecule has 108 valence electrons. The first-order valence-electron chi connectivity index (χ1n) is 7.44. The van der Waals surface area contributed by atoms with Crippen molar-refractivity contribution in [1.82, 2.24) is 20.3 Å². The zero-order chi connectivity index (χ0) is 13.5. The maximum absolute atomic E-state index is 4.23. The highest BCUT2D eigenvalue weighted by molar-refractivity contribution is 7.99. The van der Waals surface area contributed by atoms with E-state index < -0.39 is 0 Å². The maximum atomic E-state index is 4.23. The van der Waals surface area contributed by atoms with Crippen LogP contribution in [0.15, 0.2) is 6.20 Å². The molecule has 2 rings (SSSR count). The standard InChI is InChI=1S/C14H26N4S/c1-3-6-15-13(9-12-4-7-19-8-5-12)10-14-11-18(2)17-16-14/h11-13,15H,3-10H2,1-2H3. The van der Waals surface area contributed by atoms with Gasteiger partial charge in [-0.3, -0.25) is 4.68 Å². The summed E-state index contributed by atoms with van der Waals surface area (Å²) in [6.45, 7) is 3.33. The van der Waals surface area contributed by atoms with Gasteiger partial charge in [0.05, 0.1) is 5.69 Å². The number of aryl methyl sites for hydroxylation is 1. The predicted molar refractivity (Wildman–Crippen MR) is 81.5 cm³/mol. The Balaban J connectivity index is 1.86. The van der Waals surface area contributed by atoms with Crippen LogP contribution in [0, 0.1) is 5.92 Å². The van der Waals surface area contributed by atoms with Crippen LogP contribution in [0.25, 0.3) is 0 Å². The Morgan fingerprint density at radius 3 is 2.89 bits per heavy atom. The fourth-order valence-corrected chi connectivity index (χ4v) is 3.92. The van der Waals surface area contributed by atoms with Gasteiger partial charge >= 0.3 is 0 Å². The van der Waals surface area contributed by atoms with E-state index in [1.54, 1.807) is 4.68 Å². The lowest BCUT2D eigenvalue weighted by Gasteiger charge is -2.26. The lowest BCUT2D eigenvalue weighted by molar-refractivity contribution is 0.361. The molecule has 0 aliphatic carbocycles. The van der Waals surface area contributed by atoms with Gasteiger partial charge in [-0.1, -0.05) is 12.1 Å². The second-order valence-electron chi connectivity index (χ2n) is 5.53. The van der Waals surface area contributed by atoms with Crippen molar-refractivity contribution in [2.75, 3.05) is 18.1 Å². The normalized spacial score (nSPS) is 18.6. The summed E-state index contributed by atoms with van der Waals surface area (Å²) < 4.78 is 1.80. The average Bonchev–Trinajstić information content (AvgIpc) is 2.82. The molecule has 1 saturated heterocycles. The molecule has 1 aromatic rings. The number of aromatic nitrogens is 3. The SMILES string of the molecule is CCCNC(Cc1cn(C)nn1)CC1CCSCC1. The van der Waals surface area contributed by atoms with Crippen molar-refractivity contribution < 1.29 is 0 Å². The molecule has 0 aromatic carbocycles. The minimum Gasteiger partial charge on any atom is -0.314 e. The van der Waals surface area contributed by atoms with E-state index in [4.69, 9.17) is 0 Å². The number of nitrogens with one attached hydrogen (secondary N) is 1. The topological polar surface area (TPSA) is 42.7 Å². The fraction of sp³-hybridized carbons (Fsp3) is 0.857. The van der Waals surface area contributed by atoms with Crippen molar-refractivity contribution in [2.24, 2.45) is 13.0 Å². The van der Waals surface area contributed by atoms with Crippen LogP contribution in [0.4, 0.5) is 0 Å². The lowest BCUT2D eigenvalue weighted by atomic mass is 9.92. The quantitative estimate of drug-likeness (QED) is 0.833. The van der Waals surface area contributed by atoms with Gasteiger partial charge in [-0.25, -0.2) is 0 Å². The molecular formula is C14H26N4S. The molecule has 0 bridgehead atoms. The maximum Gasteiger partial charge on any atom is 0.0842 e. The first-order valence-corrected chi connectivity index (χ1v) is 8.59. The van der Waals surface area contributed by atoms with Crippen LogP contribution in [0.2, 0.25) is 0 Å². The number of nitrogens with zero attached hydrogens (tertiary/aromatic N) is 3. The van der Waals surface area contributed by atoms with E-state index in [9.17, 15) is 0 Å². The zero-order valence-electron chi connectivity index (χ0n) is 12.1. The molecule has 0 spiro atoms. The van der Waals surface area contributed by atoms with E-state index in [1.807, 2.05) is 13.2 Å². The smallest absolute Gasteiger partial charge is 0.0842 e. The van der Waals surface area contributed by atoms with Crippen LogP contribution in [-0.4, -0.2) is 39.1 Å². The van der Waals surface area contributed by atoms with Crippen molar-refractivity contribution in [2.45, 2.75) is 45.1 Å². The summed E-state index contributed by atoms with van der Waals surface area (Å²) >= 11 is 2.10. The Morgan fingerprint density at radius 1 is 1.47 bits per heavy atom. The summed E-state index contributed by atoms with van der Waals surface area (Å²) in [4.78, 5) is 0. The Kier molecular flexibility index (Phi) is 6.17. The van der Waals surface area contributed by atoms with Gasteiger partial charge in [-0.05, 0) is 49.7 Å². The van der Waals surface area contributed by atoms with E-state index in [1.165, 1.54) is 37.2 Å². The van der Waals surface area contributed by atoms with Gasteiger partial charge in [0.15, 0.2) is 0 Å². The fourth-order valence-electron chi connectivity index (χ4n) is 2.71. The largest absolute Gasteiger partial charge is 0.314 e. The van der Waals surface area contributed by atoms with Gasteiger partial charge in [0.25, 0.3) is 0 Å². The van der Waals surface area contributed by atoms with Crippen LogP contribution >= 0.6 is 11.8 Å². The first-order chi connectivity index (χ1) is 9.28. The summed E-state index contributed by atoms with van der Waals surface area (Å²) in [5, 5.41) is 11.9. The van der Waals surface area contributed by atoms with Gasteiger partial charge in [-0.2, -0.15) is 11.8 Å². The summed E-state index contributed by atoms with van der Waals surface area (Å²) in [5.41, 5.74) is 1.11. The molecule has 1 aliphatic rings. The Hall–Kier alpha value is -0.550. The number of hydrogen-bond donors (Lipinski definition) is 1. The Bertz CT molecular complexity index is 360.